The van der Waals surface area contributed by atoms with Crippen molar-refractivity contribution in [1.82, 2.24) is 10.2 Å². The van der Waals surface area contributed by atoms with Gasteiger partial charge in [0.15, 0.2) is 6.10 Å². The molecule has 2 N–H and O–H groups in total. The average Bonchev–Trinajstić information content (AvgIpc) is 2.58. The maximum atomic E-state index is 13.0. The zero-order chi connectivity index (χ0) is 19.4. The van der Waals surface area contributed by atoms with Crippen LogP contribution in [0.4, 0.5) is 0 Å². The van der Waals surface area contributed by atoms with E-state index in [9.17, 15) is 19.5 Å². The Labute approximate surface area is 153 Å². The molecule has 26 heavy (non-hydrogen) atoms. The van der Waals surface area contributed by atoms with Crippen LogP contribution in [0.2, 0.25) is 0 Å². The van der Waals surface area contributed by atoms with Crippen molar-refractivity contribution >= 4 is 17.8 Å². The first-order valence-electron chi connectivity index (χ1n) is 8.74. The summed E-state index contributed by atoms with van der Waals surface area (Å²) in [6.07, 6.45) is -1.43. The highest BCUT2D eigenvalue weighted by molar-refractivity contribution is 5.98. The zero-order valence-electron chi connectivity index (χ0n) is 15.6. The van der Waals surface area contributed by atoms with Gasteiger partial charge in [0, 0.05) is 12.1 Å². The molecule has 1 aliphatic rings. The van der Waals surface area contributed by atoms with Crippen molar-refractivity contribution in [3.63, 3.8) is 0 Å². The Morgan fingerprint density at radius 3 is 2.46 bits per heavy atom. The third-order valence-corrected chi connectivity index (χ3v) is 4.46. The van der Waals surface area contributed by atoms with Gasteiger partial charge < -0.3 is 20.1 Å². The summed E-state index contributed by atoms with van der Waals surface area (Å²) in [6.45, 7) is 7.53. The third-order valence-electron chi connectivity index (χ3n) is 4.46. The number of carboxylic acid groups (broad SMARTS) is 1. The quantitative estimate of drug-likeness (QED) is 0.826. The molecule has 2 unspecified atom stereocenters. The van der Waals surface area contributed by atoms with Crippen LogP contribution in [0.5, 0.6) is 0 Å². The predicted molar refractivity (Wildman–Crippen MR) is 95.8 cm³/mol. The lowest BCUT2D eigenvalue weighted by Gasteiger charge is -2.37. The van der Waals surface area contributed by atoms with Gasteiger partial charge in [-0.2, -0.15) is 0 Å². The summed E-state index contributed by atoms with van der Waals surface area (Å²) in [5.74, 6) is -1.84. The Hall–Kier alpha value is -2.41. The molecule has 3 atom stereocenters. The molecular formula is C19H26N2O5. The van der Waals surface area contributed by atoms with Crippen LogP contribution in [-0.4, -0.2) is 59.1 Å². The number of rotatable bonds is 5. The summed E-state index contributed by atoms with van der Waals surface area (Å²) in [4.78, 5) is 38.3. The largest absolute Gasteiger partial charge is 0.479 e. The SMILES string of the molecule is Cc1ccccc1C(=O)NC(C(=O)N1CC(C(=O)O)O[C@H](C)C1)C(C)C. The first-order chi connectivity index (χ1) is 12.2. The van der Waals surface area contributed by atoms with Gasteiger partial charge in [-0.3, -0.25) is 9.59 Å². The Morgan fingerprint density at radius 1 is 1.23 bits per heavy atom. The van der Waals surface area contributed by atoms with Gasteiger partial charge in [0.25, 0.3) is 5.91 Å². The highest BCUT2D eigenvalue weighted by Gasteiger charge is 2.36. The highest BCUT2D eigenvalue weighted by atomic mass is 16.5. The number of carbonyl (C=O) groups is 3. The number of hydrogen-bond donors (Lipinski definition) is 2. The van der Waals surface area contributed by atoms with Crippen molar-refractivity contribution in [3.8, 4) is 0 Å². The summed E-state index contributed by atoms with van der Waals surface area (Å²) in [6, 6.07) is 6.43. The lowest BCUT2D eigenvalue weighted by Crippen LogP contribution is -2.58. The first kappa shape index (κ1) is 19.9. The molecular weight excluding hydrogens is 336 g/mol. The van der Waals surface area contributed by atoms with E-state index in [0.717, 1.165) is 5.56 Å². The second kappa shape index (κ2) is 8.31. The van der Waals surface area contributed by atoms with E-state index in [-0.39, 0.29) is 30.4 Å². The molecule has 0 bridgehead atoms. The van der Waals surface area contributed by atoms with Crippen molar-refractivity contribution in [2.75, 3.05) is 13.1 Å². The van der Waals surface area contributed by atoms with Crippen molar-refractivity contribution in [2.45, 2.75) is 45.9 Å². The fourth-order valence-corrected chi connectivity index (χ4v) is 3.02. The first-order valence-corrected chi connectivity index (χ1v) is 8.74. The second-order valence-electron chi connectivity index (χ2n) is 7.03. The smallest absolute Gasteiger partial charge is 0.334 e. The van der Waals surface area contributed by atoms with Crippen LogP contribution < -0.4 is 5.32 Å². The van der Waals surface area contributed by atoms with Gasteiger partial charge >= 0.3 is 5.97 Å². The van der Waals surface area contributed by atoms with E-state index in [1.165, 1.54) is 4.90 Å². The number of morpholine rings is 1. The minimum atomic E-state index is -1.10. The van der Waals surface area contributed by atoms with Gasteiger partial charge in [-0.15, -0.1) is 0 Å². The Bertz CT molecular complexity index is 688. The monoisotopic (exact) mass is 362 g/mol. The minimum absolute atomic E-state index is 0.0258. The number of amides is 2. The summed E-state index contributed by atoms with van der Waals surface area (Å²) in [5.41, 5.74) is 1.34. The fourth-order valence-electron chi connectivity index (χ4n) is 3.02. The van der Waals surface area contributed by atoms with Crippen molar-refractivity contribution in [3.05, 3.63) is 35.4 Å². The molecule has 0 aliphatic carbocycles. The van der Waals surface area contributed by atoms with Crippen LogP contribution in [0.3, 0.4) is 0 Å². The average molecular weight is 362 g/mol. The number of aliphatic carboxylic acids is 1. The van der Waals surface area contributed by atoms with Gasteiger partial charge in [0.2, 0.25) is 5.91 Å². The molecule has 1 aromatic rings. The molecule has 1 fully saturated rings. The zero-order valence-corrected chi connectivity index (χ0v) is 15.6. The summed E-state index contributed by atoms with van der Waals surface area (Å²) < 4.78 is 5.35. The molecule has 7 heteroatoms. The second-order valence-corrected chi connectivity index (χ2v) is 7.03. The molecule has 0 aromatic heterocycles. The van der Waals surface area contributed by atoms with Crippen molar-refractivity contribution < 1.29 is 24.2 Å². The van der Waals surface area contributed by atoms with E-state index in [1.54, 1.807) is 19.1 Å². The summed E-state index contributed by atoms with van der Waals surface area (Å²) in [7, 11) is 0. The molecule has 1 aliphatic heterocycles. The van der Waals surface area contributed by atoms with Crippen LogP contribution in [0, 0.1) is 12.8 Å². The van der Waals surface area contributed by atoms with Gasteiger partial charge in [0.05, 0.1) is 12.6 Å². The normalized spacial score (nSPS) is 21.3. The topological polar surface area (TPSA) is 95.9 Å². The molecule has 142 valence electrons. The Morgan fingerprint density at radius 2 is 1.88 bits per heavy atom. The number of carboxylic acids is 1. The molecule has 0 spiro atoms. The molecule has 1 saturated heterocycles. The summed E-state index contributed by atoms with van der Waals surface area (Å²) >= 11 is 0. The molecule has 2 rings (SSSR count). The summed E-state index contributed by atoms with van der Waals surface area (Å²) in [5, 5.41) is 12.0. The minimum Gasteiger partial charge on any atom is -0.479 e. The van der Waals surface area contributed by atoms with E-state index in [2.05, 4.69) is 5.32 Å². The van der Waals surface area contributed by atoms with Crippen LogP contribution in [0.1, 0.15) is 36.7 Å². The number of nitrogens with one attached hydrogen (secondary N) is 1. The number of hydrogen-bond acceptors (Lipinski definition) is 4. The molecule has 2 amide bonds. The van der Waals surface area contributed by atoms with Crippen LogP contribution in [0.25, 0.3) is 0 Å². The number of carbonyl (C=O) groups excluding carboxylic acids is 2. The number of ether oxygens (including phenoxy) is 1. The predicted octanol–water partition coefficient (Wildman–Crippen LogP) is 1.45. The maximum Gasteiger partial charge on any atom is 0.334 e. The molecule has 1 heterocycles. The molecule has 1 aromatic carbocycles. The van der Waals surface area contributed by atoms with Crippen LogP contribution in [0.15, 0.2) is 24.3 Å². The number of aryl methyl sites for hydroxylation is 1. The van der Waals surface area contributed by atoms with Crippen molar-refractivity contribution in [2.24, 2.45) is 5.92 Å². The fraction of sp³-hybridized carbons (Fsp3) is 0.526. The maximum absolute atomic E-state index is 13.0. The van der Waals surface area contributed by atoms with E-state index in [1.807, 2.05) is 32.9 Å². The Balaban J connectivity index is 2.16. The van der Waals surface area contributed by atoms with E-state index in [4.69, 9.17) is 4.74 Å². The Kier molecular flexibility index (Phi) is 6.37. The van der Waals surface area contributed by atoms with E-state index < -0.39 is 18.1 Å². The highest BCUT2D eigenvalue weighted by Crippen LogP contribution is 2.16. The molecule has 0 saturated carbocycles. The van der Waals surface area contributed by atoms with Gasteiger partial charge in [0.1, 0.15) is 6.04 Å². The van der Waals surface area contributed by atoms with E-state index >= 15 is 0 Å². The van der Waals surface area contributed by atoms with Gasteiger partial charge in [-0.25, -0.2) is 4.79 Å². The van der Waals surface area contributed by atoms with Gasteiger partial charge in [-0.1, -0.05) is 32.0 Å². The van der Waals surface area contributed by atoms with Gasteiger partial charge in [-0.05, 0) is 31.4 Å². The van der Waals surface area contributed by atoms with Crippen molar-refractivity contribution in [1.29, 1.82) is 0 Å². The molecule has 0 radical (unpaired) electrons. The lowest BCUT2D eigenvalue weighted by molar-refractivity contribution is -0.167. The van der Waals surface area contributed by atoms with E-state index in [0.29, 0.717) is 12.1 Å². The standard InChI is InChI=1S/C19H26N2O5/c1-11(2)16(20-17(22)14-8-6-5-7-12(14)3)18(23)21-9-13(4)26-15(10-21)19(24)25/h5-8,11,13,15-16H,9-10H2,1-4H3,(H,20,22)(H,24,25)/t13-,15?,16?/m1/s1. The van der Waals surface area contributed by atoms with Crippen LogP contribution in [-0.2, 0) is 14.3 Å². The number of benzene rings is 1. The molecule has 7 nitrogen and oxygen atoms in total. The lowest BCUT2D eigenvalue weighted by atomic mass is 10.0. The number of nitrogens with zero attached hydrogens (tertiary/aromatic N) is 1. The third kappa shape index (κ3) is 4.60. The van der Waals surface area contributed by atoms with Crippen LogP contribution >= 0.6 is 0 Å².